The minimum absolute atomic E-state index is 0.0291. The van der Waals surface area contributed by atoms with Crippen LogP contribution in [0.15, 0.2) is 25.7 Å². The zero-order valence-corrected chi connectivity index (χ0v) is 7.49. The van der Waals surface area contributed by atoms with Crippen LogP contribution in [-0.4, -0.2) is 11.9 Å². The SMILES string of the molecule is C=COC(=O)CC(C)C(=O)OC=C. The van der Waals surface area contributed by atoms with Crippen molar-refractivity contribution in [2.24, 2.45) is 5.92 Å². The first-order chi connectivity index (χ1) is 6.11. The molecule has 0 aromatic heterocycles. The number of esters is 2. The summed E-state index contributed by atoms with van der Waals surface area (Å²) in [5.41, 5.74) is 0. The molecule has 4 heteroatoms. The lowest BCUT2D eigenvalue weighted by atomic mass is 10.1. The van der Waals surface area contributed by atoms with Crippen LogP contribution in [0.25, 0.3) is 0 Å². The number of hydrogen-bond donors (Lipinski definition) is 0. The van der Waals surface area contributed by atoms with Crippen LogP contribution in [0.5, 0.6) is 0 Å². The molecule has 0 aliphatic rings. The zero-order valence-electron chi connectivity index (χ0n) is 7.49. The molecular formula is C9H12O4. The largest absolute Gasteiger partial charge is 0.435 e. The maximum Gasteiger partial charge on any atom is 0.314 e. The van der Waals surface area contributed by atoms with E-state index in [0.717, 1.165) is 12.5 Å². The van der Waals surface area contributed by atoms with Gasteiger partial charge in [-0.05, 0) is 0 Å². The summed E-state index contributed by atoms with van der Waals surface area (Å²) in [7, 11) is 0. The van der Waals surface area contributed by atoms with Gasteiger partial charge in [0.1, 0.15) is 0 Å². The Kier molecular flexibility index (Phi) is 5.27. The van der Waals surface area contributed by atoms with Gasteiger partial charge in [-0.1, -0.05) is 20.1 Å². The second kappa shape index (κ2) is 5.99. The molecule has 0 bridgehead atoms. The number of rotatable bonds is 5. The summed E-state index contributed by atoms with van der Waals surface area (Å²) >= 11 is 0. The van der Waals surface area contributed by atoms with Crippen molar-refractivity contribution in [3.63, 3.8) is 0 Å². The summed E-state index contributed by atoms with van der Waals surface area (Å²) in [6, 6.07) is 0. The maximum absolute atomic E-state index is 11.0. The Labute approximate surface area is 76.8 Å². The number of carbonyl (C=O) groups is 2. The highest BCUT2D eigenvalue weighted by Crippen LogP contribution is 2.06. The van der Waals surface area contributed by atoms with Crippen molar-refractivity contribution in [3.05, 3.63) is 25.7 Å². The molecule has 72 valence electrons. The summed E-state index contributed by atoms with van der Waals surface area (Å²) in [6.07, 6.45) is 2.02. The normalized spacial score (nSPS) is 11.2. The molecule has 0 aliphatic carbocycles. The van der Waals surface area contributed by atoms with Crippen LogP contribution in [0.4, 0.5) is 0 Å². The molecule has 0 fully saturated rings. The van der Waals surface area contributed by atoms with E-state index in [1.54, 1.807) is 6.92 Å². The van der Waals surface area contributed by atoms with Crippen LogP contribution in [0.3, 0.4) is 0 Å². The van der Waals surface area contributed by atoms with Gasteiger partial charge in [-0.3, -0.25) is 9.59 Å². The highest BCUT2D eigenvalue weighted by molar-refractivity contribution is 5.80. The molecule has 0 aromatic carbocycles. The van der Waals surface area contributed by atoms with Crippen molar-refractivity contribution in [1.29, 1.82) is 0 Å². The Bertz CT molecular complexity index is 220. The predicted molar refractivity (Wildman–Crippen MR) is 46.4 cm³/mol. The Balaban J connectivity index is 3.90. The fourth-order valence-corrected chi connectivity index (χ4v) is 0.673. The lowest BCUT2D eigenvalue weighted by Crippen LogP contribution is -2.16. The van der Waals surface area contributed by atoms with Crippen molar-refractivity contribution < 1.29 is 19.1 Å². The third-order valence-electron chi connectivity index (χ3n) is 1.29. The summed E-state index contributed by atoms with van der Waals surface area (Å²) in [6.45, 7) is 8.00. The van der Waals surface area contributed by atoms with Crippen LogP contribution in [0.1, 0.15) is 13.3 Å². The third-order valence-corrected chi connectivity index (χ3v) is 1.29. The molecule has 4 nitrogen and oxygen atoms in total. The van der Waals surface area contributed by atoms with Crippen molar-refractivity contribution >= 4 is 11.9 Å². The lowest BCUT2D eigenvalue weighted by molar-refractivity contribution is -0.148. The first kappa shape index (κ1) is 11.4. The van der Waals surface area contributed by atoms with Gasteiger partial charge < -0.3 is 9.47 Å². The Morgan fingerprint density at radius 2 is 1.85 bits per heavy atom. The van der Waals surface area contributed by atoms with Gasteiger partial charge in [0.15, 0.2) is 0 Å². The molecule has 0 N–H and O–H groups in total. The summed E-state index contributed by atoms with van der Waals surface area (Å²) < 4.78 is 8.91. The lowest BCUT2D eigenvalue weighted by Gasteiger charge is -2.06. The van der Waals surface area contributed by atoms with Gasteiger partial charge in [0, 0.05) is 0 Å². The smallest absolute Gasteiger partial charge is 0.314 e. The van der Waals surface area contributed by atoms with Crippen molar-refractivity contribution in [2.75, 3.05) is 0 Å². The number of ether oxygens (including phenoxy) is 2. The first-order valence-corrected chi connectivity index (χ1v) is 3.73. The van der Waals surface area contributed by atoms with E-state index in [9.17, 15) is 9.59 Å². The molecule has 0 aliphatic heterocycles. The summed E-state index contributed by atoms with van der Waals surface area (Å²) in [5, 5.41) is 0. The molecule has 0 saturated heterocycles. The van der Waals surface area contributed by atoms with E-state index in [1.807, 2.05) is 0 Å². The minimum Gasteiger partial charge on any atom is -0.435 e. The maximum atomic E-state index is 11.0. The molecule has 0 spiro atoms. The van der Waals surface area contributed by atoms with Crippen molar-refractivity contribution in [3.8, 4) is 0 Å². The molecule has 0 amide bonds. The van der Waals surface area contributed by atoms with E-state index in [2.05, 4.69) is 22.6 Å². The topological polar surface area (TPSA) is 52.6 Å². The summed E-state index contributed by atoms with van der Waals surface area (Å²) in [4.78, 5) is 21.8. The second-order valence-electron chi connectivity index (χ2n) is 2.37. The fraction of sp³-hybridized carbons (Fsp3) is 0.333. The van der Waals surface area contributed by atoms with Gasteiger partial charge in [-0.2, -0.15) is 0 Å². The minimum atomic E-state index is -0.537. The van der Waals surface area contributed by atoms with Crippen LogP contribution in [-0.2, 0) is 19.1 Å². The molecule has 0 heterocycles. The first-order valence-electron chi connectivity index (χ1n) is 3.73. The van der Waals surface area contributed by atoms with E-state index < -0.39 is 17.9 Å². The van der Waals surface area contributed by atoms with Gasteiger partial charge in [0.2, 0.25) is 0 Å². The van der Waals surface area contributed by atoms with Gasteiger partial charge in [-0.15, -0.1) is 0 Å². The molecule has 1 atom stereocenters. The van der Waals surface area contributed by atoms with Gasteiger partial charge in [0.25, 0.3) is 0 Å². The number of carbonyl (C=O) groups excluding carboxylic acids is 2. The number of hydrogen-bond acceptors (Lipinski definition) is 4. The third kappa shape index (κ3) is 4.79. The van der Waals surface area contributed by atoms with E-state index in [0.29, 0.717) is 0 Å². The molecule has 0 aromatic rings. The average Bonchev–Trinajstić information content (AvgIpc) is 2.05. The van der Waals surface area contributed by atoms with E-state index in [-0.39, 0.29) is 6.42 Å². The quantitative estimate of drug-likeness (QED) is 0.478. The predicted octanol–water partition coefficient (Wildman–Crippen LogP) is 1.39. The van der Waals surface area contributed by atoms with Crippen LogP contribution >= 0.6 is 0 Å². The molecule has 0 radical (unpaired) electrons. The second-order valence-corrected chi connectivity index (χ2v) is 2.37. The molecule has 0 rings (SSSR count). The average molecular weight is 184 g/mol. The van der Waals surface area contributed by atoms with Crippen LogP contribution in [0, 0.1) is 5.92 Å². The van der Waals surface area contributed by atoms with Crippen LogP contribution in [0.2, 0.25) is 0 Å². The molecule has 13 heavy (non-hydrogen) atoms. The highest BCUT2D eigenvalue weighted by atomic mass is 16.5. The molecular weight excluding hydrogens is 172 g/mol. The van der Waals surface area contributed by atoms with E-state index in [4.69, 9.17) is 0 Å². The van der Waals surface area contributed by atoms with E-state index in [1.165, 1.54) is 0 Å². The van der Waals surface area contributed by atoms with Gasteiger partial charge in [0.05, 0.1) is 24.9 Å². The van der Waals surface area contributed by atoms with Gasteiger partial charge in [-0.25, -0.2) is 0 Å². The van der Waals surface area contributed by atoms with E-state index >= 15 is 0 Å². The van der Waals surface area contributed by atoms with Crippen molar-refractivity contribution in [2.45, 2.75) is 13.3 Å². The van der Waals surface area contributed by atoms with Crippen LogP contribution < -0.4 is 0 Å². The highest BCUT2D eigenvalue weighted by Gasteiger charge is 2.18. The monoisotopic (exact) mass is 184 g/mol. The molecule has 1 unspecified atom stereocenters. The Hall–Kier alpha value is -1.58. The fourth-order valence-electron chi connectivity index (χ4n) is 0.673. The summed E-state index contributed by atoms with van der Waals surface area (Å²) in [5.74, 6) is -1.55. The van der Waals surface area contributed by atoms with Crippen molar-refractivity contribution in [1.82, 2.24) is 0 Å². The van der Waals surface area contributed by atoms with Gasteiger partial charge >= 0.3 is 11.9 Å². The Morgan fingerprint density at radius 1 is 1.31 bits per heavy atom. The standard InChI is InChI=1S/C9H12O4/c1-4-12-8(10)6-7(3)9(11)13-5-2/h4-5,7H,1-2,6H2,3H3. The Morgan fingerprint density at radius 3 is 2.31 bits per heavy atom. The zero-order chi connectivity index (χ0) is 10.3. The molecule has 0 saturated carbocycles.